The van der Waals surface area contributed by atoms with Crippen molar-refractivity contribution in [3.05, 3.63) is 93.9 Å². The molecule has 0 fully saturated rings. The van der Waals surface area contributed by atoms with Crippen LogP contribution in [0.1, 0.15) is 36.6 Å². The fourth-order valence-corrected chi connectivity index (χ4v) is 3.87. The third-order valence-corrected chi connectivity index (χ3v) is 5.62. The average molecular weight is 520 g/mol. The molecular formula is C25H14ClF4NO5. The highest BCUT2D eigenvalue weighted by Gasteiger charge is 2.37. The second kappa shape index (κ2) is 9.46. The van der Waals surface area contributed by atoms with Crippen LogP contribution in [0, 0.1) is 5.82 Å². The molecular weight excluding hydrogens is 506 g/mol. The number of benzene rings is 3. The number of H-pyrrole nitrogens is 1. The van der Waals surface area contributed by atoms with Crippen LogP contribution in [0.3, 0.4) is 0 Å². The summed E-state index contributed by atoms with van der Waals surface area (Å²) in [4.78, 5) is 39.4. The van der Waals surface area contributed by atoms with Gasteiger partial charge in [-0.25, -0.2) is 18.8 Å². The van der Waals surface area contributed by atoms with Crippen LogP contribution >= 0.6 is 11.6 Å². The second-order valence-electron chi connectivity index (χ2n) is 7.49. The van der Waals surface area contributed by atoms with Crippen LogP contribution in [-0.4, -0.2) is 30.0 Å². The summed E-state index contributed by atoms with van der Waals surface area (Å²) in [5.41, 5.74) is -1.49. The van der Waals surface area contributed by atoms with Gasteiger partial charge in [0.25, 0.3) is 0 Å². The van der Waals surface area contributed by atoms with Gasteiger partial charge in [-0.2, -0.15) is 13.2 Å². The lowest BCUT2D eigenvalue weighted by Crippen LogP contribution is -2.18. The lowest BCUT2D eigenvalue weighted by atomic mass is 10.0. The molecule has 0 aliphatic heterocycles. The first-order chi connectivity index (χ1) is 17.0. The number of nitrogens with one attached hydrogen (secondary N) is 1. The highest BCUT2D eigenvalue weighted by Crippen LogP contribution is 2.36. The minimum atomic E-state index is -4.90. The molecule has 0 saturated heterocycles. The first-order valence-electron chi connectivity index (χ1n) is 10.1. The average Bonchev–Trinajstić information content (AvgIpc) is 3.25. The third kappa shape index (κ3) is 4.67. The van der Waals surface area contributed by atoms with Crippen LogP contribution in [-0.2, 0) is 15.7 Å². The van der Waals surface area contributed by atoms with Crippen molar-refractivity contribution in [1.29, 1.82) is 0 Å². The predicted molar refractivity (Wildman–Crippen MR) is 121 cm³/mol. The first-order valence-corrected chi connectivity index (χ1v) is 10.5. The molecule has 4 aromatic rings. The maximum Gasteiger partial charge on any atom is 0.417 e. The van der Waals surface area contributed by atoms with Crippen molar-refractivity contribution in [2.24, 2.45) is 0 Å². The smallest absolute Gasteiger partial charge is 0.417 e. The van der Waals surface area contributed by atoms with Gasteiger partial charge in [0.15, 0.2) is 0 Å². The van der Waals surface area contributed by atoms with Crippen LogP contribution < -0.4 is 0 Å². The minimum Gasteiger partial charge on any atom is -0.465 e. The number of ether oxygens (including phenoxy) is 2. The predicted octanol–water partition coefficient (Wildman–Crippen LogP) is 6.43. The molecule has 4 rings (SSSR count). The second-order valence-corrected chi connectivity index (χ2v) is 7.89. The van der Waals surface area contributed by atoms with E-state index in [0.717, 1.165) is 18.2 Å². The molecule has 0 aliphatic carbocycles. The Morgan fingerprint density at radius 2 is 1.58 bits per heavy atom. The topological polar surface area (TPSA) is 85.5 Å². The van der Waals surface area contributed by atoms with Gasteiger partial charge < -0.3 is 14.5 Å². The van der Waals surface area contributed by atoms with Crippen LogP contribution in [0.25, 0.3) is 22.0 Å². The maximum absolute atomic E-state index is 14.7. The SMILES string of the molecule is COC(=O)c1ccc(-c2c[nH]c3cc(C(=O)OC(=O)c4c(Cl)cccc4C(F)(F)F)ccc23)c(F)c1. The molecule has 0 atom stereocenters. The van der Waals surface area contributed by atoms with E-state index in [-0.39, 0.29) is 16.7 Å². The van der Waals surface area contributed by atoms with Crippen LogP contribution in [0.4, 0.5) is 17.6 Å². The van der Waals surface area contributed by atoms with E-state index in [1.807, 2.05) is 0 Å². The first kappa shape index (κ1) is 24.9. The Labute approximate surface area is 205 Å². The Morgan fingerprint density at radius 3 is 2.25 bits per heavy atom. The van der Waals surface area contributed by atoms with Gasteiger partial charge in [0.05, 0.1) is 34.4 Å². The molecule has 1 heterocycles. The highest BCUT2D eigenvalue weighted by molar-refractivity contribution is 6.34. The van der Waals surface area contributed by atoms with Crippen molar-refractivity contribution in [3.63, 3.8) is 0 Å². The van der Waals surface area contributed by atoms with Gasteiger partial charge in [0.2, 0.25) is 0 Å². The summed E-state index contributed by atoms with van der Waals surface area (Å²) in [6.45, 7) is 0. The molecule has 0 unspecified atom stereocenters. The van der Waals surface area contributed by atoms with Crippen LogP contribution in [0.15, 0.2) is 60.8 Å². The molecule has 0 amide bonds. The van der Waals surface area contributed by atoms with Crippen molar-refractivity contribution in [2.45, 2.75) is 6.18 Å². The van der Waals surface area contributed by atoms with E-state index in [2.05, 4.69) is 14.5 Å². The Kier molecular flexibility index (Phi) is 6.55. The lowest BCUT2D eigenvalue weighted by molar-refractivity contribution is -0.138. The molecule has 1 aromatic heterocycles. The summed E-state index contributed by atoms with van der Waals surface area (Å²) in [5, 5.41) is -0.0274. The summed E-state index contributed by atoms with van der Waals surface area (Å²) < 4.78 is 63.7. The molecule has 1 N–H and O–H groups in total. The molecule has 0 bridgehead atoms. The number of hydrogen-bond donors (Lipinski definition) is 1. The monoisotopic (exact) mass is 519 g/mol. The van der Waals surface area contributed by atoms with E-state index in [9.17, 15) is 31.9 Å². The van der Waals surface area contributed by atoms with Gasteiger partial charge in [-0.05, 0) is 36.4 Å². The Bertz CT molecular complexity index is 1530. The lowest BCUT2D eigenvalue weighted by Gasteiger charge is -2.13. The number of alkyl halides is 3. The van der Waals surface area contributed by atoms with E-state index in [1.54, 1.807) is 0 Å². The van der Waals surface area contributed by atoms with E-state index < -0.39 is 46.1 Å². The number of fused-ring (bicyclic) bond motifs is 1. The number of aromatic nitrogens is 1. The largest absolute Gasteiger partial charge is 0.465 e. The van der Waals surface area contributed by atoms with Crippen molar-refractivity contribution in [3.8, 4) is 11.1 Å². The highest BCUT2D eigenvalue weighted by atomic mass is 35.5. The van der Waals surface area contributed by atoms with Gasteiger partial charge in [-0.15, -0.1) is 0 Å². The summed E-state index contributed by atoms with van der Waals surface area (Å²) in [6.07, 6.45) is -3.42. The molecule has 184 valence electrons. The zero-order valence-electron chi connectivity index (χ0n) is 18.2. The summed E-state index contributed by atoms with van der Waals surface area (Å²) in [7, 11) is 1.17. The quantitative estimate of drug-likeness (QED) is 0.191. The number of halogens is 5. The molecule has 36 heavy (non-hydrogen) atoms. The van der Waals surface area contributed by atoms with Crippen molar-refractivity contribution in [1.82, 2.24) is 4.98 Å². The fraction of sp³-hybridized carbons (Fsp3) is 0.0800. The Balaban J connectivity index is 1.62. The van der Waals surface area contributed by atoms with Crippen LogP contribution in [0.5, 0.6) is 0 Å². The number of aromatic amines is 1. The van der Waals surface area contributed by atoms with E-state index in [1.165, 1.54) is 43.6 Å². The van der Waals surface area contributed by atoms with E-state index >= 15 is 0 Å². The summed E-state index contributed by atoms with van der Waals surface area (Å²) in [6, 6.07) is 10.6. The van der Waals surface area contributed by atoms with Gasteiger partial charge in [-0.1, -0.05) is 29.8 Å². The van der Waals surface area contributed by atoms with Gasteiger partial charge in [0.1, 0.15) is 5.82 Å². The normalized spacial score (nSPS) is 11.4. The number of esters is 3. The summed E-state index contributed by atoms with van der Waals surface area (Å²) >= 11 is 5.77. The number of hydrogen-bond acceptors (Lipinski definition) is 5. The van der Waals surface area contributed by atoms with Gasteiger partial charge in [0, 0.05) is 28.2 Å². The van der Waals surface area contributed by atoms with E-state index in [0.29, 0.717) is 22.5 Å². The summed E-state index contributed by atoms with van der Waals surface area (Å²) in [5.74, 6) is -4.15. The number of carbonyl (C=O) groups excluding carboxylic acids is 3. The minimum absolute atomic E-state index is 0.0282. The number of carbonyl (C=O) groups is 3. The maximum atomic E-state index is 14.7. The standard InChI is InChI=1S/C25H14ClF4NO5/c1-35-22(32)12-5-7-14(19(27)9-12)16-11-31-20-10-13(6-8-15(16)20)23(33)36-24(34)21-17(25(28,29)30)3-2-4-18(21)26/h2-11,31H,1H3. The molecule has 0 spiro atoms. The zero-order chi connectivity index (χ0) is 26.2. The molecule has 3 aromatic carbocycles. The van der Waals surface area contributed by atoms with Gasteiger partial charge in [-0.3, -0.25) is 0 Å². The van der Waals surface area contributed by atoms with E-state index in [4.69, 9.17) is 11.6 Å². The Morgan fingerprint density at radius 1 is 0.889 bits per heavy atom. The Hall–Kier alpha value is -4.18. The number of rotatable bonds is 4. The van der Waals surface area contributed by atoms with Crippen LogP contribution in [0.2, 0.25) is 5.02 Å². The molecule has 11 heteroatoms. The van der Waals surface area contributed by atoms with Crippen molar-refractivity contribution in [2.75, 3.05) is 7.11 Å². The molecule has 6 nitrogen and oxygen atoms in total. The van der Waals surface area contributed by atoms with Crippen molar-refractivity contribution >= 4 is 40.4 Å². The zero-order valence-corrected chi connectivity index (χ0v) is 19.0. The van der Waals surface area contributed by atoms with Crippen molar-refractivity contribution < 1.29 is 41.4 Å². The molecule has 0 aliphatic rings. The third-order valence-electron chi connectivity index (χ3n) is 5.31. The van der Waals surface area contributed by atoms with Gasteiger partial charge >= 0.3 is 24.1 Å². The molecule has 0 saturated carbocycles. The molecule has 0 radical (unpaired) electrons. The number of methoxy groups -OCH3 is 1. The fourth-order valence-electron chi connectivity index (χ4n) is 3.62.